The first-order valence-electron chi connectivity index (χ1n) is 10.8. The first kappa shape index (κ1) is 19.7. The number of hydrogen-bond acceptors (Lipinski definition) is 6. The Morgan fingerprint density at radius 3 is 2.39 bits per heavy atom. The molecule has 4 heterocycles. The highest BCUT2D eigenvalue weighted by Crippen LogP contribution is 2.37. The summed E-state index contributed by atoms with van der Waals surface area (Å²) < 4.78 is 7.32. The molecule has 1 aromatic carbocycles. The van der Waals surface area contributed by atoms with E-state index in [1.807, 2.05) is 41.4 Å². The summed E-state index contributed by atoms with van der Waals surface area (Å²) in [5.41, 5.74) is 0.620. The van der Waals surface area contributed by atoms with Gasteiger partial charge < -0.3 is 14.5 Å². The van der Waals surface area contributed by atoms with Gasteiger partial charge in [0.2, 0.25) is 5.91 Å². The predicted octanol–water partition coefficient (Wildman–Crippen LogP) is 2.06. The molecule has 31 heavy (non-hydrogen) atoms. The number of benzene rings is 1. The van der Waals surface area contributed by atoms with Crippen LogP contribution < -0.4 is 4.90 Å². The van der Waals surface area contributed by atoms with Crippen molar-refractivity contribution in [2.75, 3.05) is 44.3 Å². The molecule has 160 valence electrons. The summed E-state index contributed by atoms with van der Waals surface area (Å²) in [6.07, 6.45) is 6.62. The zero-order valence-corrected chi connectivity index (χ0v) is 17.4. The van der Waals surface area contributed by atoms with Crippen LogP contribution in [0.4, 0.5) is 5.82 Å². The van der Waals surface area contributed by atoms with E-state index in [0.29, 0.717) is 26.3 Å². The highest BCUT2D eigenvalue weighted by Gasteiger charge is 2.44. The average molecular weight is 419 g/mol. The number of carbonyl (C=O) groups is 1. The summed E-state index contributed by atoms with van der Waals surface area (Å²) in [7, 11) is 0. The third-order valence-corrected chi connectivity index (χ3v) is 6.35. The number of amides is 1. The topological polar surface area (TPSA) is 76.4 Å². The minimum absolute atomic E-state index is 0.224. The summed E-state index contributed by atoms with van der Waals surface area (Å²) >= 11 is 0. The smallest absolute Gasteiger partial charge is 0.233 e. The quantitative estimate of drug-likeness (QED) is 0.646. The molecule has 0 radical (unpaired) electrons. The number of piperazine rings is 1. The first-order chi connectivity index (χ1) is 15.3. The molecule has 2 saturated heterocycles. The van der Waals surface area contributed by atoms with Gasteiger partial charge in [-0.1, -0.05) is 30.3 Å². The molecule has 0 aliphatic carbocycles. The Balaban J connectivity index is 1.31. The number of carbonyl (C=O) groups excluding carboxylic acids is 1. The molecule has 2 aliphatic rings. The van der Waals surface area contributed by atoms with E-state index in [1.165, 1.54) is 0 Å². The lowest BCUT2D eigenvalue weighted by molar-refractivity contribution is -0.141. The molecule has 2 aromatic heterocycles. The second-order valence-corrected chi connectivity index (χ2v) is 8.02. The summed E-state index contributed by atoms with van der Waals surface area (Å²) in [6, 6.07) is 14.0. The van der Waals surface area contributed by atoms with Crippen LogP contribution >= 0.6 is 0 Å². The van der Waals surface area contributed by atoms with E-state index in [2.05, 4.69) is 32.1 Å². The van der Waals surface area contributed by atoms with Crippen molar-refractivity contribution in [2.45, 2.75) is 18.3 Å². The lowest BCUT2D eigenvalue weighted by Gasteiger charge is -2.43. The number of hydrogen-bond donors (Lipinski definition) is 0. The van der Waals surface area contributed by atoms with Crippen molar-refractivity contribution >= 4 is 11.7 Å². The Hall–Kier alpha value is -3.26. The number of aromatic nitrogens is 4. The van der Waals surface area contributed by atoms with Gasteiger partial charge in [0.1, 0.15) is 12.1 Å². The lowest BCUT2D eigenvalue weighted by atomic mass is 9.73. The minimum atomic E-state index is -0.482. The van der Waals surface area contributed by atoms with E-state index in [4.69, 9.17) is 4.74 Å². The largest absolute Gasteiger partial charge is 0.381 e. The Bertz CT molecular complexity index is 1010. The SMILES string of the molecule is O=C(N1CCN(c2cc(-n3cccn3)ncn2)CC1)C1(c2ccccc2)CCOCC1. The molecule has 0 unspecified atom stereocenters. The van der Waals surface area contributed by atoms with Gasteiger partial charge in [-0.05, 0) is 24.5 Å². The van der Waals surface area contributed by atoms with Crippen molar-refractivity contribution in [1.82, 2.24) is 24.6 Å². The van der Waals surface area contributed by atoms with E-state index in [0.717, 1.165) is 43.1 Å². The van der Waals surface area contributed by atoms with Gasteiger partial charge in [-0.3, -0.25) is 4.79 Å². The molecule has 8 heteroatoms. The standard InChI is InChI=1S/C23H26N6O2/c30-22(23(7-15-31-16-8-23)19-5-2-1-3-6-19)28-13-11-27(12-14-28)20-17-21(25-18-24-20)29-10-4-9-26-29/h1-6,9-10,17-18H,7-8,11-16H2. The fourth-order valence-corrected chi connectivity index (χ4v) is 4.58. The van der Waals surface area contributed by atoms with Crippen LogP contribution in [0.1, 0.15) is 18.4 Å². The Morgan fingerprint density at radius 2 is 1.68 bits per heavy atom. The molecule has 2 aliphatic heterocycles. The summed E-state index contributed by atoms with van der Waals surface area (Å²) in [5.74, 6) is 1.82. The summed E-state index contributed by atoms with van der Waals surface area (Å²) in [6.45, 7) is 4.07. The molecule has 8 nitrogen and oxygen atoms in total. The van der Waals surface area contributed by atoms with Crippen LogP contribution in [0.25, 0.3) is 5.82 Å². The van der Waals surface area contributed by atoms with Gasteiger partial charge >= 0.3 is 0 Å². The Morgan fingerprint density at radius 1 is 0.935 bits per heavy atom. The number of anilines is 1. The first-order valence-corrected chi connectivity index (χ1v) is 10.8. The number of nitrogens with zero attached hydrogens (tertiary/aromatic N) is 6. The zero-order chi connectivity index (χ0) is 21.1. The van der Waals surface area contributed by atoms with E-state index in [1.54, 1.807) is 17.2 Å². The van der Waals surface area contributed by atoms with Crippen LogP contribution in [0, 0.1) is 0 Å². The monoisotopic (exact) mass is 418 g/mol. The maximum atomic E-state index is 13.7. The van der Waals surface area contributed by atoms with E-state index < -0.39 is 5.41 Å². The fraction of sp³-hybridized carbons (Fsp3) is 0.391. The van der Waals surface area contributed by atoms with Crippen molar-refractivity contribution in [3.63, 3.8) is 0 Å². The van der Waals surface area contributed by atoms with Crippen LogP contribution in [-0.2, 0) is 14.9 Å². The maximum absolute atomic E-state index is 13.7. The molecule has 2 fully saturated rings. The van der Waals surface area contributed by atoms with Crippen molar-refractivity contribution in [3.8, 4) is 5.82 Å². The van der Waals surface area contributed by atoms with Crippen molar-refractivity contribution in [1.29, 1.82) is 0 Å². The van der Waals surface area contributed by atoms with Gasteiger partial charge in [0.25, 0.3) is 0 Å². The minimum Gasteiger partial charge on any atom is -0.381 e. The lowest BCUT2D eigenvalue weighted by Crippen LogP contribution is -2.56. The Labute approximate surface area is 181 Å². The van der Waals surface area contributed by atoms with Crippen LogP contribution in [0.2, 0.25) is 0 Å². The number of ether oxygens (including phenoxy) is 1. The highest BCUT2D eigenvalue weighted by molar-refractivity contribution is 5.88. The zero-order valence-electron chi connectivity index (χ0n) is 17.4. The molecule has 0 bridgehead atoms. The molecule has 0 atom stereocenters. The van der Waals surface area contributed by atoms with Crippen LogP contribution in [0.15, 0.2) is 61.2 Å². The fourth-order valence-electron chi connectivity index (χ4n) is 4.58. The molecular weight excluding hydrogens is 392 g/mol. The Kier molecular flexibility index (Phi) is 5.38. The normalized spacial score (nSPS) is 18.7. The van der Waals surface area contributed by atoms with Gasteiger partial charge in [-0.2, -0.15) is 5.10 Å². The van der Waals surface area contributed by atoms with E-state index >= 15 is 0 Å². The van der Waals surface area contributed by atoms with Gasteiger partial charge in [-0.15, -0.1) is 0 Å². The second-order valence-electron chi connectivity index (χ2n) is 8.02. The summed E-state index contributed by atoms with van der Waals surface area (Å²) in [5, 5.41) is 4.24. The van der Waals surface area contributed by atoms with E-state index in [-0.39, 0.29) is 5.91 Å². The number of rotatable bonds is 4. The molecule has 3 aromatic rings. The van der Waals surface area contributed by atoms with Gasteiger partial charge in [0, 0.05) is 57.9 Å². The van der Waals surface area contributed by atoms with Gasteiger partial charge in [0.15, 0.2) is 5.82 Å². The molecule has 0 saturated carbocycles. The van der Waals surface area contributed by atoms with Crippen molar-refractivity contribution in [3.05, 3.63) is 66.7 Å². The van der Waals surface area contributed by atoms with Crippen LogP contribution in [0.5, 0.6) is 0 Å². The molecule has 1 amide bonds. The van der Waals surface area contributed by atoms with Crippen molar-refractivity contribution < 1.29 is 9.53 Å². The van der Waals surface area contributed by atoms with Crippen molar-refractivity contribution in [2.24, 2.45) is 0 Å². The van der Waals surface area contributed by atoms with Gasteiger partial charge in [-0.25, -0.2) is 14.6 Å². The molecule has 0 N–H and O–H groups in total. The van der Waals surface area contributed by atoms with Crippen LogP contribution in [-0.4, -0.2) is 69.9 Å². The third kappa shape index (κ3) is 3.79. The third-order valence-electron chi connectivity index (χ3n) is 6.35. The highest BCUT2D eigenvalue weighted by atomic mass is 16.5. The maximum Gasteiger partial charge on any atom is 0.233 e. The van der Waals surface area contributed by atoms with Crippen LogP contribution in [0.3, 0.4) is 0 Å². The van der Waals surface area contributed by atoms with E-state index in [9.17, 15) is 4.79 Å². The molecule has 0 spiro atoms. The summed E-state index contributed by atoms with van der Waals surface area (Å²) in [4.78, 5) is 26.7. The van der Waals surface area contributed by atoms with Gasteiger partial charge in [0.05, 0.1) is 5.41 Å². The molecule has 5 rings (SSSR count). The predicted molar refractivity (Wildman–Crippen MR) is 116 cm³/mol. The molecular formula is C23H26N6O2. The average Bonchev–Trinajstić information content (AvgIpc) is 3.40. The second kappa shape index (κ2) is 8.47.